The lowest BCUT2D eigenvalue weighted by atomic mass is 10.0. The van der Waals surface area contributed by atoms with Crippen molar-refractivity contribution in [1.82, 2.24) is 0 Å². The molecule has 5 N–H and O–H groups in total. The van der Waals surface area contributed by atoms with Gasteiger partial charge < -0.3 is 21.1 Å². The van der Waals surface area contributed by atoms with Crippen molar-refractivity contribution >= 4 is 11.6 Å². The van der Waals surface area contributed by atoms with Crippen LogP contribution in [0, 0.1) is 0 Å². The maximum atomic E-state index is 9.68. The van der Waals surface area contributed by atoms with Crippen LogP contribution in [-0.4, -0.2) is 28.0 Å². The first kappa shape index (κ1) is 12.3. The molecule has 2 atom stereocenters. The first-order valence-corrected chi connectivity index (χ1v) is 4.98. The molecular weight excluding hydrogens is 218 g/mol. The third-order valence-corrected chi connectivity index (χ3v) is 2.37. The predicted molar refractivity (Wildman–Crippen MR) is 57.8 cm³/mol. The molecule has 84 valence electrons. The van der Waals surface area contributed by atoms with Gasteiger partial charge in [-0.2, -0.15) is 0 Å². The van der Waals surface area contributed by atoms with Crippen molar-refractivity contribution in [2.24, 2.45) is 5.73 Å². The number of rotatable bonds is 4. The third-order valence-electron chi connectivity index (χ3n) is 2.14. The van der Waals surface area contributed by atoms with Gasteiger partial charge in [0.05, 0.1) is 6.10 Å². The Morgan fingerprint density at radius 1 is 1.33 bits per heavy atom. The number of halogens is 1. The number of benzene rings is 1. The highest BCUT2D eigenvalue weighted by Crippen LogP contribution is 2.29. The summed E-state index contributed by atoms with van der Waals surface area (Å²) in [6.07, 6.45) is -1.86. The SMILES string of the molecule is NCCC(O)C(O)c1ccc(Cl)cc1O. The Hall–Kier alpha value is -0.810. The van der Waals surface area contributed by atoms with Crippen LogP contribution in [0.15, 0.2) is 18.2 Å². The minimum atomic E-state index is -1.15. The van der Waals surface area contributed by atoms with E-state index in [1.807, 2.05) is 0 Å². The fraction of sp³-hybridized carbons (Fsp3) is 0.400. The topological polar surface area (TPSA) is 86.7 Å². The van der Waals surface area contributed by atoms with Crippen LogP contribution in [0.25, 0.3) is 0 Å². The lowest BCUT2D eigenvalue weighted by Gasteiger charge is -2.18. The van der Waals surface area contributed by atoms with Crippen LogP contribution < -0.4 is 5.73 Å². The number of phenols is 1. The van der Waals surface area contributed by atoms with Gasteiger partial charge in [-0.25, -0.2) is 0 Å². The Balaban J connectivity index is 2.86. The van der Waals surface area contributed by atoms with Crippen molar-refractivity contribution in [3.8, 4) is 5.75 Å². The average Bonchev–Trinajstić information content (AvgIpc) is 2.17. The fourth-order valence-electron chi connectivity index (χ4n) is 1.30. The zero-order valence-electron chi connectivity index (χ0n) is 8.10. The van der Waals surface area contributed by atoms with E-state index in [9.17, 15) is 15.3 Å². The standard InChI is InChI=1S/C10H14ClNO3/c11-6-1-2-7(9(14)5-6)10(15)8(13)3-4-12/h1-2,5,8,10,13-15H,3-4,12H2. The Kier molecular flexibility index (Phi) is 4.35. The van der Waals surface area contributed by atoms with Crippen LogP contribution in [0.3, 0.4) is 0 Å². The Bertz CT molecular complexity index is 332. The van der Waals surface area contributed by atoms with Gasteiger partial charge in [0.25, 0.3) is 0 Å². The lowest BCUT2D eigenvalue weighted by Crippen LogP contribution is -2.21. The lowest BCUT2D eigenvalue weighted by molar-refractivity contribution is 0.0137. The van der Waals surface area contributed by atoms with E-state index in [1.54, 1.807) is 0 Å². The van der Waals surface area contributed by atoms with E-state index in [0.717, 1.165) is 0 Å². The molecular formula is C10H14ClNO3. The van der Waals surface area contributed by atoms with E-state index in [0.29, 0.717) is 5.02 Å². The molecule has 0 bridgehead atoms. The summed E-state index contributed by atoms with van der Waals surface area (Å²) in [6, 6.07) is 4.33. The molecule has 0 aliphatic carbocycles. The molecule has 0 aromatic heterocycles. The summed E-state index contributed by atoms with van der Waals surface area (Å²) in [7, 11) is 0. The van der Waals surface area contributed by atoms with E-state index in [4.69, 9.17) is 17.3 Å². The molecule has 1 rings (SSSR count). The van der Waals surface area contributed by atoms with Crippen LogP contribution in [0.1, 0.15) is 18.1 Å². The Labute approximate surface area is 92.9 Å². The minimum absolute atomic E-state index is 0.133. The molecule has 5 heteroatoms. The van der Waals surface area contributed by atoms with Crippen molar-refractivity contribution in [3.63, 3.8) is 0 Å². The Morgan fingerprint density at radius 2 is 2.00 bits per heavy atom. The molecule has 0 aliphatic rings. The van der Waals surface area contributed by atoms with Crippen LogP contribution in [-0.2, 0) is 0 Å². The molecule has 0 radical (unpaired) electrons. The number of aliphatic hydroxyl groups is 2. The highest BCUT2D eigenvalue weighted by atomic mass is 35.5. The van der Waals surface area contributed by atoms with Gasteiger partial charge in [-0.15, -0.1) is 0 Å². The van der Waals surface area contributed by atoms with E-state index in [-0.39, 0.29) is 24.3 Å². The number of aromatic hydroxyl groups is 1. The fourth-order valence-corrected chi connectivity index (χ4v) is 1.47. The second-order valence-electron chi connectivity index (χ2n) is 3.29. The summed E-state index contributed by atoms with van der Waals surface area (Å²) >= 11 is 5.64. The second-order valence-corrected chi connectivity index (χ2v) is 3.73. The van der Waals surface area contributed by atoms with Crippen molar-refractivity contribution in [2.45, 2.75) is 18.6 Å². The molecule has 0 spiro atoms. The van der Waals surface area contributed by atoms with E-state index in [2.05, 4.69) is 0 Å². The van der Waals surface area contributed by atoms with Gasteiger partial charge in [-0.1, -0.05) is 17.7 Å². The summed E-state index contributed by atoms with van der Waals surface area (Å²) < 4.78 is 0. The summed E-state index contributed by atoms with van der Waals surface area (Å²) in [5.41, 5.74) is 5.50. The van der Waals surface area contributed by atoms with Crippen molar-refractivity contribution in [1.29, 1.82) is 0 Å². The molecule has 0 amide bonds. The van der Waals surface area contributed by atoms with Gasteiger partial charge >= 0.3 is 0 Å². The number of aliphatic hydroxyl groups excluding tert-OH is 2. The third kappa shape index (κ3) is 3.07. The number of nitrogens with two attached hydrogens (primary N) is 1. The van der Waals surface area contributed by atoms with Crippen LogP contribution in [0.5, 0.6) is 5.75 Å². The van der Waals surface area contributed by atoms with Crippen LogP contribution >= 0.6 is 11.6 Å². The van der Waals surface area contributed by atoms with Crippen LogP contribution in [0.2, 0.25) is 5.02 Å². The summed E-state index contributed by atoms with van der Waals surface area (Å²) in [6.45, 7) is 0.270. The van der Waals surface area contributed by atoms with Crippen LogP contribution in [0.4, 0.5) is 0 Å². The van der Waals surface area contributed by atoms with Crippen molar-refractivity contribution in [2.75, 3.05) is 6.54 Å². The molecule has 4 nitrogen and oxygen atoms in total. The molecule has 15 heavy (non-hydrogen) atoms. The smallest absolute Gasteiger partial charge is 0.122 e. The zero-order valence-corrected chi connectivity index (χ0v) is 8.85. The molecule has 0 saturated carbocycles. The largest absolute Gasteiger partial charge is 0.508 e. The van der Waals surface area contributed by atoms with Gasteiger partial charge in [0, 0.05) is 10.6 Å². The van der Waals surface area contributed by atoms with Gasteiger partial charge in [-0.05, 0) is 25.1 Å². The van der Waals surface area contributed by atoms with Gasteiger partial charge in [-0.3, -0.25) is 0 Å². The number of hydrogen-bond donors (Lipinski definition) is 4. The summed E-state index contributed by atoms with van der Waals surface area (Å²) in [4.78, 5) is 0. The maximum Gasteiger partial charge on any atom is 0.122 e. The number of hydrogen-bond acceptors (Lipinski definition) is 4. The van der Waals surface area contributed by atoms with Gasteiger partial charge in [0.1, 0.15) is 11.9 Å². The van der Waals surface area contributed by atoms with E-state index in [1.165, 1.54) is 18.2 Å². The van der Waals surface area contributed by atoms with Gasteiger partial charge in [0.15, 0.2) is 0 Å². The normalized spacial score (nSPS) is 14.9. The monoisotopic (exact) mass is 231 g/mol. The van der Waals surface area contributed by atoms with E-state index < -0.39 is 12.2 Å². The average molecular weight is 232 g/mol. The van der Waals surface area contributed by atoms with Crippen molar-refractivity contribution in [3.05, 3.63) is 28.8 Å². The van der Waals surface area contributed by atoms with Gasteiger partial charge in [0.2, 0.25) is 0 Å². The van der Waals surface area contributed by atoms with E-state index >= 15 is 0 Å². The zero-order chi connectivity index (χ0) is 11.4. The predicted octanol–water partition coefficient (Wildman–Crippen LogP) is 0.789. The molecule has 2 unspecified atom stereocenters. The molecule has 0 heterocycles. The maximum absolute atomic E-state index is 9.68. The molecule has 1 aromatic carbocycles. The highest BCUT2D eigenvalue weighted by molar-refractivity contribution is 6.30. The highest BCUT2D eigenvalue weighted by Gasteiger charge is 2.20. The van der Waals surface area contributed by atoms with Crippen molar-refractivity contribution < 1.29 is 15.3 Å². The molecule has 1 aromatic rings. The first-order valence-electron chi connectivity index (χ1n) is 4.61. The minimum Gasteiger partial charge on any atom is -0.508 e. The number of phenolic OH excluding ortho intramolecular Hbond substituents is 1. The summed E-state index contributed by atoms with van der Waals surface area (Å²) in [5.74, 6) is -0.133. The quantitative estimate of drug-likeness (QED) is 0.617. The second kappa shape index (κ2) is 5.32. The molecule has 0 aliphatic heterocycles. The first-order chi connectivity index (χ1) is 7.06. The Morgan fingerprint density at radius 3 is 2.53 bits per heavy atom. The summed E-state index contributed by atoms with van der Waals surface area (Å²) in [5, 5.41) is 29.0. The molecule has 0 fully saturated rings. The molecule has 0 saturated heterocycles.